The molecule has 0 unspecified atom stereocenters. The van der Waals surface area contributed by atoms with Crippen LogP contribution in [0.5, 0.6) is 0 Å². The van der Waals surface area contributed by atoms with E-state index in [1.54, 1.807) is 0 Å². The average molecular weight is 247 g/mol. The van der Waals surface area contributed by atoms with Gasteiger partial charge in [0.2, 0.25) is 0 Å². The van der Waals surface area contributed by atoms with Gasteiger partial charge in [-0.2, -0.15) is 0 Å². The van der Waals surface area contributed by atoms with Crippen molar-refractivity contribution in [1.29, 1.82) is 0 Å². The summed E-state index contributed by atoms with van der Waals surface area (Å²) < 4.78 is 0. The third-order valence-corrected chi connectivity index (χ3v) is 4.27. The zero-order chi connectivity index (χ0) is 11.4. The summed E-state index contributed by atoms with van der Waals surface area (Å²) in [5, 5.41) is 2.15. The molecule has 2 aromatic rings. The van der Waals surface area contributed by atoms with Gasteiger partial charge < -0.3 is 4.98 Å². The van der Waals surface area contributed by atoms with Crippen molar-refractivity contribution in [1.82, 2.24) is 9.88 Å². The van der Waals surface area contributed by atoms with E-state index >= 15 is 0 Å². The first-order valence-electron chi connectivity index (χ1n) is 6.34. The minimum Gasteiger partial charge on any atom is -0.358 e. The smallest absolute Gasteiger partial charge is 0.0460 e. The molecule has 3 heteroatoms. The normalized spacial score (nSPS) is 20.8. The van der Waals surface area contributed by atoms with Gasteiger partial charge in [0, 0.05) is 47.2 Å². The van der Waals surface area contributed by atoms with E-state index in [1.807, 2.05) is 6.07 Å². The van der Waals surface area contributed by atoms with Gasteiger partial charge in [0.05, 0.1) is 0 Å². The maximum Gasteiger partial charge on any atom is 0.0460 e. The Hall–Kier alpha value is -0.990. The molecular weight excluding hydrogens is 232 g/mol. The number of hydrogen-bond donors (Lipinski definition) is 1. The number of nitrogens with zero attached hydrogens (tertiary/aromatic N) is 1. The Balaban J connectivity index is 1.83. The summed E-state index contributed by atoms with van der Waals surface area (Å²) in [5.41, 5.74) is 4.12. The first-order chi connectivity index (χ1) is 8.31. The lowest BCUT2D eigenvalue weighted by Gasteiger charge is -2.26. The summed E-state index contributed by atoms with van der Waals surface area (Å²) in [4.78, 5) is 6.16. The van der Waals surface area contributed by atoms with Crippen molar-refractivity contribution in [3.8, 4) is 0 Å². The first kappa shape index (κ1) is 9.98. The Bertz CT molecular complexity index is 583. The largest absolute Gasteiger partial charge is 0.358 e. The van der Waals surface area contributed by atoms with Crippen molar-refractivity contribution in [3.05, 3.63) is 34.5 Å². The molecule has 4 rings (SSSR count). The molecule has 2 aliphatic rings. The molecule has 0 saturated heterocycles. The summed E-state index contributed by atoms with van der Waals surface area (Å²) >= 11 is 6.10. The van der Waals surface area contributed by atoms with Crippen molar-refractivity contribution in [2.75, 3.05) is 6.54 Å². The molecule has 0 amide bonds. The van der Waals surface area contributed by atoms with Gasteiger partial charge in [0.15, 0.2) is 0 Å². The monoisotopic (exact) mass is 246 g/mol. The molecule has 0 atom stereocenters. The molecule has 1 aromatic heterocycles. The van der Waals surface area contributed by atoms with Gasteiger partial charge in [0.1, 0.15) is 0 Å². The van der Waals surface area contributed by atoms with Crippen LogP contribution in [0, 0.1) is 0 Å². The second kappa shape index (κ2) is 3.50. The van der Waals surface area contributed by atoms with Gasteiger partial charge in [-0.1, -0.05) is 11.6 Å². The molecule has 1 aliphatic carbocycles. The molecule has 0 bridgehead atoms. The van der Waals surface area contributed by atoms with Crippen LogP contribution in [0.25, 0.3) is 10.9 Å². The summed E-state index contributed by atoms with van der Waals surface area (Å²) in [6, 6.07) is 7.01. The van der Waals surface area contributed by atoms with Crippen LogP contribution >= 0.6 is 11.6 Å². The quantitative estimate of drug-likeness (QED) is 0.818. The third kappa shape index (κ3) is 1.59. The van der Waals surface area contributed by atoms with Crippen molar-refractivity contribution in [3.63, 3.8) is 0 Å². The Labute approximate surface area is 106 Å². The average Bonchev–Trinajstić information content (AvgIpc) is 3.12. The number of benzene rings is 1. The summed E-state index contributed by atoms with van der Waals surface area (Å²) in [7, 11) is 0. The minimum absolute atomic E-state index is 0.836. The number of hydrogen-bond acceptors (Lipinski definition) is 1. The van der Waals surface area contributed by atoms with Crippen LogP contribution in [-0.4, -0.2) is 22.5 Å². The predicted octanol–water partition coefficient (Wildman–Crippen LogP) is 3.34. The number of H-pyrrole nitrogens is 1. The van der Waals surface area contributed by atoms with Gasteiger partial charge in [-0.05, 0) is 36.6 Å². The number of fused-ring (bicyclic) bond motifs is 3. The summed E-state index contributed by atoms with van der Waals surface area (Å²) in [5.74, 6) is 0. The highest BCUT2D eigenvalue weighted by Gasteiger charge is 2.32. The first-order valence-corrected chi connectivity index (χ1v) is 6.72. The second-order valence-electron chi connectivity index (χ2n) is 5.22. The highest BCUT2D eigenvalue weighted by atomic mass is 35.5. The molecule has 1 N–H and O–H groups in total. The van der Waals surface area contributed by atoms with Gasteiger partial charge in [0.25, 0.3) is 0 Å². The van der Waals surface area contributed by atoms with E-state index in [0.29, 0.717) is 0 Å². The highest BCUT2D eigenvalue weighted by molar-refractivity contribution is 6.31. The maximum atomic E-state index is 6.10. The van der Waals surface area contributed by atoms with E-state index in [-0.39, 0.29) is 0 Å². The zero-order valence-corrected chi connectivity index (χ0v) is 10.4. The van der Waals surface area contributed by atoms with E-state index in [2.05, 4.69) is 22.0 Å². The lowest BCUT2D eigenvalue weighted by Crippen LogP contribution is -2.31. The molecule has 1 aromatic carbocycles. The Morgan fingerprint density at radius 1 is 1.29 bits per heavy atom. The Morgan fingerprint density at radius 3 is 3.00 bits per heavy atom. The molecule has 1 fully saturated rings. The van der Waals surface area contributed by atoms with Crippen LogP contribution < -0.4 is 0 Å². The van der Waals surface area contributed by atoms with E-state index in [1.165, 1.54) is 41.5 Å². The number of aromatic nitrogens is 1. The Kier molecular flexibility index (Phi) is 2.06. The van der Waals surface area contributed by atoms with Crippen molar-refractivity contribution >= 4 is 22.5 Å². The molecule has 2 heterocycles. The summed E-state index contributed by atoms with van der Waals surface area (Å²) in [6.45, 7) is 2.30. The molecule has 0 spiro atoms. The van der Waals surface area contributed by atoms with E-state index in [0.717, 1.165) is 24.0 Å². The fraction of sp³-hybridized carbons (Fsp3) is 0.429. The maximum absolute atomic E-state index is 6.10. The number of rotatable bonds is 1. The molecule has 88 valence electrons. The number of aromatic amines is 1. The Morgan fingerprint density at radius 2 is 2.18 bits per heavy atom. The fourth-order valence-electron chi connectivity index (χ4n) is 2.96. The number of halogens is 1. The molecular formula is C14H15ClN2. The van der Waals surface area contributed by atoms with Crippen LogP contribution in [0.4, 0.5) is 0 Å². The molecule has 0 radical (unpaired) electrons. The topological polar surface area (TPSA) is 19.0 Å². The van der Waals surface area contributed by atoms with Crippen LogP contribution in [0.15, 0.2) is 18.2 Å². The van der Waals surface area contributed by atoms with E-state index < -0.39 is 0 Å². The van der Waals surface area contributed by atoms with Crippen LogP contribution in [0.2, 0.25) is 5.02 Å². The SMILES string of the molecule is Clc1ccc2[nH]c3c(c2c1)CN(C1CC1)CC3. The zero-order valence-electron chi connectivity index (χ0n) is 9.67. The van der Waals surface area contributed by atoms with Crippen LogP contribution in [-0.2, 0) is 13.0 Å². The van der Waals surface area contributed by atoms with Gasteiger partial charge in [-0.25, -0.2) is 0 Å². The molecule has 2 nitrogen and oxygen atoms in total. The number of nitrogens with one attached hydrogen (secondary N) is 1. The fourth-order valence-corrected chi connectivity index (χ4v) is 3.13. The predicted molar refractivity (Wildman–Crippen MR) is 70.4 cm³/mol. The van der Waals surface area contributed by atoms with E-state index in [4.69, 9.17) is 11.6 Å². The summed E-state index contributed by atoms with van der Waals surface area (Å²) in [6.07, 6.45) is 3.93. The van der Waals surface area contributed by atoms with Gasteiger partial charge in [-0.15, -0.1) is 0 Å². The lowest BCUT2D eigenvalue weighted by molar-refractivity contribution is 0.244. The van der Waals surface area contributed by atoms with Gasteiger partial charge >= 0.3 is 0 Å². The minimum atomic E-state index is 0.836. The van der Waals surface area contributed by atoms with Crippen molar-refractivity contribution < 1.29 is 0 Å². The van der Waals surface area contributed by atoms with E-state index in [9.17, 15) is 0 Å². The van der Waals surface area contributed by atoms with Crippen LogP contribution in [0.3, 0.4) is 0 Å². The van der Waals surface area contributed by atoms with Crippen LogP contribution in [0.1, 0.15) is 24.1 Å². The lowest BCUT2D eigenvalue weighted by atomic mass is 10.0. The van der Waals surface area contributed by atoms with Crippen molar-refractivity contribution in [2.45, 2.75) is 31.8 Å². The van der Waals surface area contributed by atoms with Crippen molar-refractivity contribution in [2.24, 2.45) is 0 Å². The van der Waals surface area contributed by atoms with Gasteiger partial charge in [-0.3, -0.25) is 4.90 Å². The third-order valence-electron chi connectivity index (χ3n) is 4.03. The molecule has 17 heavy (non-hydrogen) atoms. The molecule has 1 saturated carbocycles. The molecule has 1 aliphatic heterocycles. The second-order valence-corrected chi connectivity index (χ2v) is 5.66. The standard InChI is InChI=1S/C14H15ClN2/c15-9-1-4-13-11(7-9)12-8-17(10-2-3-10)6-5-14(12)16-13/h1,4,7,10,16H,2-3,5-6,8H2. The highest BCUT2D eigenvalue weighted by Crippen LogP contribution is 2.35.